The predicted octanol–water partition coefficient (Wildman–Crippen LogP) is 4.31. The van der Waals surface area contributed by atoms with Crippen LogP contribution in [0.25, 0.3) is 16.7 Å². The van der Waals surface area contributed by atoms with Gasteiger partial charge in [0.05, 0.1) is 28.5 Å². The molecule has 1 fully saturated rings. The highest BCUT2D eigenvalue weighted by molar-refractivity contribution is 5.98. The van der Waals surface area contributed by atoms with Gasteiger partial charge in [-0.2, -0.15) is 0 Å². The van der Waals surface area contributed by atoms with Crippen LogP contribution in [-0.2, 0) is 0 Å². The molecule has 0 spiro atoms. The summed E-state index contributed by atoms with van der Waals surface area (Å²) in [5.41, 5.74) is 1.76. The van der Waals surface area contributed by atoms with Gasteiger partial charge in [0.2, 0.25) is 0 Å². The van der Waals surface area contributed by atoms with Crippen molar-refractivity contribution in [2.75, 3.05) is 7.05 Å². The Labute approximate surface area is 174 Å². The minimum absolute atomic E-state index is 0.0596. The summed E-state index contributed by atoms with van der Waals surface area (Å²) in [5, 5.41) is 0. The van der Waals surface area contributed by atoms with Crippen molar-refractivity contribution in [3.8, 4) is 5.69 Å². The Morgan fingerprint density at radius 3 is 2.60 bits per heavy atom. The normalized spacial score (nSPS) is 15.1. The molecule has 3 aromatic rings. The van der Waals surface area contributed by atoms with Gasteiger partial charge in [0.15, 0.2) is 0 Å². The van der Waals surface area contributed by atoms with Crippen LogP contribution in [0.15, 0.2) is 41.5 Å². The minimum Gasteiger partial charge on any atom is -0.339 e. The Balaban J connectivity index is 1.96. The SMILES string of the molecule is CC(C)N(C)C(=O)c1cc(F)ccc1-n1c(=O)n(C2CCCCC2)c2ccncc21. The second-order valence-electron chi connectivity index (χ2n) is 8.32. The van der Waals surface area contributed by atoms with E-state index in [0.29, 0.717) is 11.2 Å². The highest BCUT2D eigenvalue weighted by Crippen LogP contribution is 2.31. The van der Waals surface area contributed by atoms with E-state index in [0.717, 1.165) is 31.2 Å². The first kappa shape index (κ1) is 20.3. The van der Waals surface area contributed by atoms with Crippen molar-refractivity contribution >= 4 is 16.9 Å². The number of amides is 1. The third-order valence-electron chi connectivity index (χ3n) is 6.14. The molecule has 30 heavy (non-hydrogen) atoms. The smallest absolute Gasteiger partial charge is 0.334 e. The van der Waals surface area contributed by atoms with Gasteiger partial charge in [-0.3, -0.25) is 18.9 Å². The molecular weight excluding hydrogens is 383 g/mol. The van der Waals surface area contributed by atoms with Crippen LogP contribution in [0.3, 0.4) is 0 Å². The van der Waals surface area contributed by atoms with Crippen LogP contribution >= 0.6 is 0 Å². The molecule has 0 saturated heterocycles. The number of aromatic nitrogens is 3. The molecule has 0 atom stereocenters. The van der Waals surface area contributed by atoms with E-state index in [4.69, 9.17) is 0 Å². The van der Waals surface area contributed by atoms with E-state index in [9.17, 15) is 14.0 Å². The fourth-order valence-electron chi connectivity index (χ4n) is 4.29. The average molecular weight is 410 g/mol. The quantitative estimate of drug-likeness (QED) is 0.644. The maximum atomic E-state index is 14.1. The Kier molecular flexibility index (Phi) is 5.45. The van der Waals surface area contributed by atoms with Crippen LogP contribution in [0.4, 0.5) is 4.39 Å². The van der Waals surface area contributed by atoms with Crippen molar-refractivity contribution in [3.63, 3.8) is 0 Å². The molecule has 0 aliphatic heterocycles. The molecular formula is C23H27FN4O2. The largest absolute Gasteiger partial charge is 0.339 e. The fourth-order valence-corrected chi connectivity index (χ4v) is 4.29. The molecule has 0 N–H and O–H groups in total. The van der Waals surface area contributed by atoms with Crippen molar-refractivity contribution in [2.45, 2.75) is 58.0 Å². The molecule has 1 aliphatic carbocycles. The Hall–Kier alpha value is -2.96. The van der Waals surface area contributed by atoms with Crippen molar-refractivity contribution in [3.05, 3.63) is 58.5 Å². The first-order chi connectivity index (χ1) is 14.4. The summed E-state index contributed by atoms with van der Waals surface area (Å²) in [6, 6.07) is 5.91. The van der Waals surface area contributed by atoms with E-state index in [1.54, 1.807) is 24.3 Å². The maximum absolute atomic E-state index is 14.1. The summed E-state index contributed by atoms with van der Waals surface area (Å²) in [6.45, 7) is 3.78. The van der Waals surface area contributed by atoms with Gasteiger partial charge < -0.3 is 4.90 Å². The summed E-state index contributed by atoms with van der Waals surface area (Å²) in [6.07, 6.45) is 8.58. The van der Waals surface area contributed by atoms with Gasteiger partial charge >= 0.3 is 5.69 Å². The fraction of sp³-hybridized carbons (Fsp3) is 0.435. The lowest BCUT2D eigenvalue weighted by atomic mass is 9.95. The molecule has 2 aromatic heterocycles. The number of nitrogens with zero attached hydrogens (tertiary/aromatic N) is 4. The van der Waals surface area contributed by atoms with E-state index in [1.807, 2.05) is 24.5 Å². The first-order valence-corrected chi connectivity index (χ1v) is 10.5. The monoisotopic (exact) mass is 410 g/mol. The lowest BCUT2D eigenvalue weighted by Crippen LogP contribution is -2.34. The molecule has 7 heteroatoms. The number of rotatable bonds is 4. The highest BCUT2D eigenvalue weighted by Gasteiger charge is 2.26. The standard InChI is InChI=1S/C23H27FN4O2/c1-15(2)26(3)22(29)18-13-16(24)9-10-19(18)28-21-14-25-12-11-20(21)27(23(28)30)17-7-5-4-6-8-17/h9-15,17H,4-8H2,1-3H3. The number of benzene rings is 1. The van der Waals surface area contributed by atoms with E-state index < -0.39 is 5.82 Å². The molecule has 1 saturated carbocycles. The first-order valence-electron chi connectivity index (χ1n) is 10.5. The van der Waals surface area contributed by atoms with Gasteiger partial charge in [-0.25, -0.2) is 9.18 Å². The highest BCUT2D eigenvalue weighted by atomic mass is 19.1. The van der Waals surface area contributed by atoms with Gasteiger partial charge in [-0.1, -0.05) is 19.3 Å². The van der Waals surface area contributed by atoms with Crippen LogP contribution in [0.1, 0.15) is 62.4 Å². The van der Waals surface area contributed by atoms with E-state index in [1.165, 1.54) is 29.2 Å². The van der Waals surface area contributed by atoms with E-state index in [-0.39, 0.29) is 29.2 Å². The van der Waals surface area contributed by atoms with Crippen LogP contribution in [0, 0.1) is 5.82 Å². The van der Waals surface area contributed by atoms with Crippen molar-refractivity contribution in [1.29, 1.82) is 0 Å². The number of pyridine rings is 1. The summed E-state index contributed by atoms with van der Waals surface area (Å²) in [5.74, 6) is -0.838. The van der Waals surface area contributed by atoms with Crippen LogP contribution in [-0.4, -0.2) is 38.0 Å². The minimum atomic E-state index is -0.513. The van der Waals surface area contributed by atoms with E-state index >= 15 is 0 Å². The molecule has 0 unspecified atom stereocenters. The van der Waals surface area contributed by atoms with Gasteiger partial charge in [-0.05, 0) is 51.0 Å². The summed E-state index contributed by atoms with van der Waals surface area (Å²) in [4.78, 5) is 32.5. The van der Waals surface area contributed by atoms with Crippen LogP contribution in [0.5, 0.6) is 0 Å². The predicted molar refractivity (Wildman–Crippen MR) is 115 cm³/mol. The second kappa shape index (κ2) is 8.05. The molecule has 4 rings (SSSR count). The zero-order valence-electron chi connectivity index (χ0n) is 17.6. The molecule has 6 nitrogen and oxygen atoms in total. The molecule has 158 valence electrons. The van der Waals surface area contributed by atoms with Gasteiger partial charge in [0, 0.05) is 25.3 Å². The molecule has 1 amide bonds. The number of carbonyl (C=O) groups is 1. The van der Waals surface area contributed by atoms with Gasteiger partial charge in [0.1, 0.15) is 5.82 Å². The number of hydrogen-bond donors (Lipinski definition) is 0. The molecule has 2 heterocycles. The van der Waals surface area contributed by atoms with Gasteiger partial charge in [-0.15, -0.1) is 0 Å². The zero-order valence-corrected chi connectivity index (χ0v) is 17.6. The average Bonchev–Trinajstić information content (AvgIpc) is 3.05. The summed E-state index contributed by atoms with van der Waals surface area (Å²) >= 11 is 0. The second-order valence-corrected chi connectivity index (χ2v) is 8.32. The lowest BCUT2D eigenvalue weighted by Gasteiger charge is -2.23. The number of fused-ring (bicyclic) bond motifs is 1. The molecule has 0 radical (unpaired) electrons. The third-order valence-corrected chi connectivity index (χ3v) is 6.14. The van der Waals surface area contributed by atoms with Crippen molar-refractivity contribution < 1.29 is 9.18 Å². The van der Waals surface area contributed by atoms with Crippen molar-refractivity contribution in [1.82, 2.24) is 19.0 Å². The number of imidazole rings is 1. The summed E-state index contributed by atoms with van der Waals surface area (Å²) in [7, 11) is 1.68. The zero-order chi connectivity index (χ0) is 21.4. The molecule has 1 aromatic carbocycles. The third kappa shape index (κ3) is 3.42. The Morgan fingerprint density at radius 2 is 1.90 bits per heavy atom. The summed E-state index contributed by atoms with van der Waals surface area (Å²) < 4.78 is 17.5. The van der Waals surface area contributed by atoms with Crippen LogP contribution < -0.4 is 5.69 Å². The number of halogens is 1. The topological polar surface area (TPSA) is 60.1 Å². The maximum Gasteiger partial charge on any atom is 0.334 e. The number of carbonyl (C=O) groups excluding carboxylic acids is 1. The lowest BCUT2D eigenvalue weighted by molar-refractivity contribution is 0.0754. The van der Waals surface area contributed by atoms with Gasteiger partial charge in [0.25, 0.3) is 5.91 Å². The Bertz CT molecular complexity index is 1140. The van der Waals surface area contributed by atoms with E-state index in [2.05, 4.69) is 4.98 Å². The van der Waals surface area contributed by atoms with Crippen LogP contribution in [0.2, 0.25) is 0 Å². The molecule has 0 bridgehead atoms. The van der Waals surface area contributed by atoms with Crippen molar-refractivity contribution in [2.24, 2.45) is 0 Å². The molecule has 1 aliphatic rings. The Morgan fingerprint density at radius 1 is 1.17 bits per heavy atom. The number of hydrogen-bond acceptors (Lipinski definition) is 3.